The molecule has 0 bridgehead atoms. The van der Waals surface area contributed by atoms with E-state index in [1.807, 2.05) is 12.1 Å². The van der Waals surface area contributed by atoms with Crippen LogP contribution >= 0.6 is 23.4 Å². The molecule has 19 heavy (non-hydrogen) atoms. The summed E-state index contributed by atoms with van der Waals surface area (Å²) >= 11 is 7.58. The van der Waals surface area contributed by atoms with E-state index in [1.165, 1.54) is 5.56 Å². The Bertz CT molecular complexity index is 553. The zero-order chi connectivity index (χ0) is 14.0. The summed E-state index contributed by atoms with van der Waals surface area (Å²) in [5, 5.41) is 0.961. The fourth-order valence-corrected chi connectivity index (χ4v) is 3.13. The molecule has 0 amide bonds. The third-order valence-electron chi connectivity index (χ3n) is 3.28. The number of halogens is 1. The van der Waals surface area contributed by atoms with Gasteiger partial charge in [0.2, 0.25) is 0 Å². The SMILES string of the molecule is C=C1SC(=Nc2ccc(C)cc2)/C(=C/Cl)CC1(C)C. The molecular formula is C16H18ClNS. The Morgan fingerprint density at radius 3 is 2.53 bits per heavy atom. The van der Waals surface area contributed by atoms with Gasteiger partial charge >= 0.3 is 0 Å². The van der Waals surface area contributed by atoms with Crippen LogP contribution < -0.4 is 0 Å². The largest absolute Gasteiger partial charge is 0.241 e. The molecule has 0 saturated carbocycles. The number of thioether (sulfide) groups is 1. The van der Waals surface area contributed by atoms with Crippen molar-refractivity contribution < 1.29 is 0 Å². The predicted octanol–water partition coefficient (Wildman–Crippen LogP) is 5.82. The van der Waals surface area contributed by atoms with E-state index < -0.39 is 0 Å². The molecule has 1 aromatic rings. The summed E-state index contributed by atoms with van der Waals surface area (Å²) in [5.74, 6) is 0. The van der Waals surface area contributed by atoms with Crippen molar-refractivity contribution in [3.63, 3.8) is 0 Å². The van der Waals surface area contributed by atoms with Gasteiger partial charge in [-0.2, -0.15) is 0 Å². The standard InChI is InChI=1S/C16H18ClNS/c1-11-5-7-14(8-6-11)18-15-13(10-17)9-16(3,4)12(2)19-15/h5-8,10H,2,9H2,1,3-4H3/b13-10+,18-15?. The first-order chi connectivity index (χ1) is 8.92. The van der Waals surface area contributed by atoms with Crippen LogP contribution in [-0.4, -0.2) is 5.04 Å². The molecule has 0 spiro atoms. The lowest BCUT2D eigenvalue weighted by Crippen LogP contribution is -2.22. The predicted molar refractivity (Wildman–Crippen MR) is 87.3 cm³/mol. The Hall–Kier alpha value is -0.990. The molecule has 1 aliphatic heterocycles. The van der Waals surface area contributed by atoms with Crippen LogP contribution in [0.25, 0.3) is 0 Å². The van der Waals surface area contributed by atoms with Gasteiger partial charge in [-0.05, 0) is 41.4 Å². The van der Waals surface area contributed by atoms with Gasteiger partial charge in [-0.25, -0.2) is 4.99 Å². The second-order valence-corrected chi connectivity index (χ2v) is 6.77. The van der Waals surface area contributed by atoms with E-state index in [4.69, 9.17) is 16.6 Å². The molecule has 0 aliphatic carbocycles. The fraction of sp³-hybridized carbons (Fsp3) is 0.312. The Balaban J connectivity index is 2.33. The molecular weight excluding hydrogens is 274 g/mol. The topological polar surface area (TPSA) is 12.4 Å². The minimum absolute atomic E-state index is 0.0671. The Labute approximate surface area is 124 Å². The zero-order valence-electron chi connectivity index (χ0n) is 11.5. The molecule has 0 atom stereocenters. The highest BCUT2D eigenvalue weighted by molar-refractivity contribution is 8.17. The highest BCUT2D eigenvalue weighted by Crippen LogP contribution is 2.47. The van der Waals surface area contributed by atoms with Gasteiger partial charge in [-0.15, -0.1) is 0 Å². The van der Waals surface area contributed by atoms with Crippen molar-refractivity contribution in [3.8, 4) is 0 Å². The first kappa shape index (κ1) is 14.4. The van der Waals surface area contributed by atoms with Gasteiger partial charge in [0.05, 0.1) is 5.69 Å². The van der Waals surface area contributed by atoms with Crippen LogP contribution in [0.3, 0.4) is 0 Å². The second-order valence-electron chi connectivity index (χ2n) is 5.47. The zero-order valence-corrected chi connectivity index (χ0v) is 13.1. The van der Waals surface area contributed by atoms with Crippen molar-refractivity contribution in [2.24, 2.45) is 10.4 Å². The maximum absolute atomic E-state index is 5.96. The van der Waals surface area contributed by atoms with E-state index in [2.05, 4.69) is 39.5 Å². The van der Waals surface area contributed by atoms with Crippen LogP contribution in [0.4, 0.5) is 5.69 Å². The van der Waals surface area contributed by atoms with Crippen LogP contribution in [0, 0.1) is 12.3 Å². The average Bonchev–Trinajstić information content (AvgIpc) is 2.36. The number of benzene rings is 1. The van der Waals surface area contributed by atoms with E-state index >= 15 is 0 Å². The maximum Gasteiger partial charge on any atom is 0.105 e. The number of hydrogen-bond acceptors (Lipinski definition) is 2. The van der Waals surface area contributed by atoms with Crippen LogP contribution in [0.1, 0.15) is 25.8 Å². The van der Waals surface area contributed by atoms with E-state index in [0.717, 1.165) is 27.6 Å². The molecule has 100 valence electrons. The van der Waals surface area contributed by atoms with E-state index in [1.54, 1.807) is 17.3 Å². The third-order valence-corrected chi connectivity index (χ3v) is 4.89. The van der Waals surface area contributed by atoms with Crippen LogP contribution in [-0.2, 0) is 0 Å². The minimum atomic E-state index is 0.0671. The molecule has 1 aliphatic rings. The Morgan fingerprint density at radius 2 is 1.95 bits per heavy atom. The van der Waals surface area contributed by atoms with Gasteiger partial charge in [0.25, 0.3) is 0 Å². The molecule has 0 unspecified atom stereocenters. The van der Waals surface area contributed by atoms with Gasteiger partial charge in [0.1, 0.15) is 5.04 Å². The number of aryl methyl sites for hydroxylation is 1. The van der Waals surface area contributed by atoms with Gasteiger partial charge in [-0.1, -0.05) is 61.5 Å². The molecule has 0 aromatic heterocycles. The lowest BCUT2D eigenvalue weighted by molar-refractivity contribution is 0.472. The van der Waals surface area contributed by atoms with Gasteiger partial charge in [0.15, 0.2) is 0 Å². The normalized spacial score (nSPS) is 23.1. The molecule has 3 heteroatoms. The highest BCUT2D eigenvalue weighted by Gasteiger charge is 2.32. The molecule has 1 nitrogen and oxygen atoms in total. The fourth-order valence-electron chi connectivity index (χ4n) is 1.89. The van der Waals surface area contributed by atoms with Crippen molar-refractivity contribution in [3.05, 3.63) is 52.4 Å². The van der Waals surface area contributed by atoms with Crippen molar-refractivity contribution in [1.82, 2.24) is 0 Å². The van der Waals surface area contributed by atoms with E-state index in [0.29, 0.717) is 0 Å². The lowest BCUT2D eigenvalue weighted by Gasteiger charge is -2.33. The minimum Gasteiger partial charge on any atom is -0.241 e. The van der Waals surface area contributed by atoms with Crippen LogP contribution in [0.15, 0.2) is 51.9 Å². The molecule has 1 fully saturated rings. The van der Waals surface area contributed by atoms with Crippen molar-refractivity contribution in [1.29, 1.82) is 0 Å². The molecule has 0 radical (unpaired) electrons. The van der Waals surface area contributed by atoms with Crippen LogP contribution in [0.2, 0.25) is 0 Å². The molecule has 2 rings (SSSR count). The summed E-state index contributed by atoms with van der Waals surface area (Å²) in [5.41, 5.74) is 4.99. The van der Waals surface area contributed by atoms with Crippen molar-refractivity contribution in [2.75, 3.05) is 0 Å². The van der Waals surface area contributed by atoms with Crippen molar-refractivity contribution >= 4 is 34.1 Å². The summed E-state index contributed by atoms with van der Waals surface area (Å²) < 4.78 is 0. The summed E-state index contributed by atoms with van der Waals surface area (Å²) in [6, 6.07) is 8.18. The second kappa shape index (κ2) is 5.56. The summed E-state index contributed by atoms with van der Waals surface area (Å²) in [6.45, 7) is 10.6. The third kappa shape index (κ3) is 3.31. The number of hydrogen-bond donors (Lipinski definition) is 0. The first-order valence-corrected chi connectivity index (χ1v) is 7.50. The number of allylic oxidation sites excluding steroid dienone is 1. The number of aliphatic imine (C=N–C) groups is 1. The summed E-state index contributed by atoms with van der Waals surface area (Å²) in [7, 11) is 0. The average molecular weight is 292 g/mol. The number of rotatable bonds is 1. The van der Waals surface area contributed by atoms with Crippen molar-refractivity contribution in [2.45, 2.75) is 27.2 Å². The highest BCUT2D eigenvalue weighted by atomic mass is 35.5. The van der Waals surface area contributed by atoms with Crippen LogP contribution in [0.5, 0.6) is 0 Å². The summed E-state index contributed by atoms with van der Waals surface area (Å²) in [4.78, 5) is 5.83. The quantitative estimate of drug-likeness (QED) is 0.634. The molecule has 1 saturated heterocycles. The van der Waals surface area contributed by atoms with Gasteiger partial charge in [-0.3, -0.25) is 0 Å². The smallest absolute Gasteiger partial charge is 0.105 e. The monoisotopic (exact) mass is 291 g/mol. The number of nitrogens with zero attached hydrogens (tertiary/aromatic N) is 1. The molecule has 1 aromatic carbocycles. The maximum atomic E-state index is 5.96. The first-order valence-electron chi connectivity index (χ1n) is 6.24. The van der Waals surface area contributed by atoms with E-state index in [9.17, 15) is 0 Å². The lowest BCUT2D eigenvalue weighted by atomic mass is 9.85. The Kier molecular flexibility index (Phi) is 4.22. The Morgan fingerprint density at radius 1 is 1.32 bits per heavy atom. The van der Waals surface area contributed by atoms with Gasteiger partial charge in [0, 0.05) is 5.54 Å². The molecule has 1 heterocycles. The molecule has 0 N–H and O–H groups in total. The van der Waals surface area contributed by atoms with E-state index in [-0.39, 0.29) is 5.41 Å². The van der Waals surface area contributed by atoms with Gasteiger partial charge < -0.3 is 0 Å². The summed E-state index contributed by atoms with van der Waals surface area (Å²) in [6.07, 6.45) is 0.882.